The van der Waals surface area contributed by atoms with Gasteiger partial charge in [-0.05, 0) is 44.0 Å². The van der Waals surface area contributed by atoms with Gasteiger partial charge in [-0.2, -0.15) is 0 Å². The van der Waals surface area contributed by atoms with Gasteiger partial charge >= 0.3 is 6.03 Å². The summed E-state index contributed by atoms with van der Waals surface area (Å²) in [5.41, 5.74) is 1.99. The topological polar surface area (TPSA) is 84.0 Å². The first-order chi connectivity index (χ1) is 17.2. The smallest absolute Gasteiger partial charge is 0.319 e. The van der Waals surface area contributed by atoms with Crippen molar-refractivity contribution in [2.75, 3.05) is 31.0 Å². The maximum atomic E-state index is 15.0. The second-order valence-electron chi connectivity index (χ2n) is 8.44. The molecule has 10 heteroatoms. The Labute approximate surface area is 208 Å². The molecule has 0 aliphatic heterocycles. The molecule has 36 heavy (non-hydrogen) atoms. The molecule has 1 aliphatic rings. The SMILES string of the molecule is C=C(Nc1ccc(NC(=O)NC2CCC(F)(F)CC2)cc1)c1c(F)cc(OCCOC)cc1N=CC. The highest BCUT2D eigenvalue weighted by Gasteiger charge is 2.35. The van der Waals surface area contributed by atoms with E-state index in [1.807, 2.05) is 0 Å². The highest BCUT2D eigenvalue weighted by Crippen LogP contribution is 2.34. The average Bonchev–Trinajstić information content (AvgIpc) is 2.82. The lowest BCUT2D eigenvalue weighted by Crippen LogP contribution is -2.42. The number of benzene rings is 2. The van der Waals surface area contributed by atoms with E-state index >= 15 is 0 Å². The molecule has 7 nitrogen and oxygen atoms in total. The van der Waals surface area contributed by atoms with E-state index in [-0.39, 0.29) is 43.9 Å². The first-order valence-corrected chi connectivity index (χ1v) is 11.7. The normalized spacial score (nSPS) is 15.5. The average molecular weight is 505 g/mol. The number of rotatable bonds is 10. The van der Waals surface area contributed by atoms with Crippen molar-refractivity contribution in [3.63, 3.8) is 0 Å². The zero-order chi connectivity index (χ0) is 26.1. The van der Waals surface area contributed by atoms with Crippen LogP contribution in [0.15, 0.2) is 48.0 Å². The number of methoxy groups -OCH3 is 1. The number of carbonyl (C=O) groups is 1. The van der Waals surface area contributed by atoms with Crippen molar-refractivity contribution in [2.24, 2.45) is 4.99 Å². The minimum Gasteiger partial charge on any atom is -0.491 e. The van der Waals surface area contributed by atoms with Crippen molar-refractivity contribution in [3.8, 4) is 5.75 Å². The van der Waals surface area contributed by atoms with Gasteiger partial charge in [0.1, 0.15) is 18.2 Å². The van der Waals surface area contributed by atoms with Crippen LogP contribution >= 0.6 is 0 Å². The fraction of sp³-hybridized carbons (Fsp3) is 0.385. The van der Waals surface area contributed by atoms with Crippen LogP contribution < -0.4 is 20.7 Å². The van der Waals surface area contributed by atoms with Crippen molar-refractivity contribution >= 4 is 35.0 Å². The van der Waals surface area contributed by atoms with Gasteiger partial charge in [-0.3, -0.25) is 4.99 Å². The number of ether oxygens (including phenoxy) is 2. The summed E-state index contributed by atoms with van der Waals surface area (Å²) in [6, 6.07) is 8.89. The Hall–Kier alpha value is -3.53. The second-order valence-corrected chi connectivity index (χ2v) is 8.44. The van der Waals surface area contributed by atoms with E-state index in [0.717, 1.165) is 0 Å². The maximum Gasteiger partial charge on any atom is 0.319 e. The number of hydrogen-bond donors (Lipinski definition) is 3. The van der Waals surface area contributed by atoms with Gasteiger partial charge in [0, 0.05) is 61.4 Å². The number of carbonyl (C=O) groups excluding carboxylic acids is 1. The van der Waals surface area contributed by atoms with Crippen LogP contribution in [-0.2, 0) is 4.74 Å². The molecular formula is C26H31F3N4O3. The summed E-state index contributed by atoms with van der Waals surface area (Å²) < 4.78 is 52.0. The summed E-state index contributed by atoms with van der Waals surface area (Å²) >= 11 is 0. The number of nitrogens with zero attached hydrogens (tertiary/aromatic N) is 1. The molecule has 0 spiro atoms. The Balaban J connectivity index is 1.60. The molecule has 1 saturated carbocycles. The second kappa shape index (κ2) is 12.4. The number of urea groups is 1. The molecule has 1 fully saturated rings. The Morgan fingerprint density at radius 2 is 1.78 bits per heavy atom. The van der Waals surface area contributed by atoms with E-state index in [1.54, 1.807) is 50.6 Å². The Morgan fingerprint density at radius 1 is 1.14 bits per heavy atom. The fourth-order valence-electron chi connectivity index (χ4n) is 3.84. The molecule has 194 valence electrons. The Bertz CT molecular complexity index is 1080. The summed E-state index contributed by atoms with van der Waals surface area (Å²) in [7, 11) is 1.55. The Kier molecular flexibility index (Phi) is 9.35. The van der Waals surface area contributed by atoms with Crippen molar-refractivity contribution in [1.29, 1.82) is 0 Å². The molecule has 0 bridgehead atoms. The predicted molar refractivity (Wildman–Crippen MR) is 136 cm³/mol. The molecule has 0 saturated heterocycles. The summed E-state index contributed by atoms with van der Waals surface area (Å²) in [5.74, 6) is -2.86. The molecule has 3 rings (SSSR count). The third kappa shape index (κ3) is 7.74. The highest BCUT2D eigenvalue weighted by molar-refractivity contribution is 5.90. The van der Waals surface area contributed by atoms with Crippen LogP contribution in [-0.4, -0.2) is 44.5 Å². The van der Waals surface area contributed by atoms with Gasteiger partial charge in [-0.15, -0.1) is 0 Å². The molecule has 0 unspecified atom stereocenters. The van der Waals surface area contributed by atoms with Gasteiger partial charge < -0.3 is 25.4 Å². The van der Waals surface area contributed by atoms with Gasteiger partial charge in [0.15, 0.2) is 0 Å². The number of nitrogens with one attached hydrogen (secondary N) is 3. The van der Waals surface area contributed by atoms with E-state index < -0.39 is 17.8 Å². The molecule has 0 radical (unpaired) electrons. The molecule has 0 aromatic heterocycles. The van der Waals surface area contributed by atoms with E-state index in [0.29, 0.717) is 35.1 Å². The van der Waals surface area contributed by atoms with Crippen LogP contribution in [0.2, 0.25) is 0 Å². The van der Waals surface area contributed by atoms with Gasteiger partial charge in [-0.25, -0.2) is 18.0 Å². The lowest BCUT2D eigenvalue weighted by molar-refractivity contribution is -0.0394. The zero-order valence-electron chi connectivity index (χ0n) is 20.4. The molecule has 2 amide bonds. The van der Waals surface area contributed by atoms with Crippen LogP contribution in [0, 0.1) is 5.82 Å². The number of anilines is 2. The van der Waals surface area contributed by atoms with Gasteiger partial charge in [0.2, 0.25) is 5.92 Å². The summed E-state index contributed by atoms with van der Waals surface area (Å²) in [6.45, 7) is 6.33. The van der Waals surface area contributed by atoms with E-state index in [9.17, 15) is 18.0 Å². The molecule has 3 N–H and O–H groups in total. The number of alkyl halides is 2. The molecule has 0 heterocycles. The van der Waals surface area contributed by atoms with Crippen molar-refractivity contribution in [3.05, 3.63) is 54.4 Å². The first kappa shape index (κ1) is 27.1. The van der Waals surface area contributed by atoms with Crippen molar-refractivity contribution in [1.82, 2.24) is 5.32 Å². The third-order valence-electron chi connectivity index (χ3n) is 5.66. The Morgan fingerprint density at radius 3 is 2.39 bits per heavy atom. The zero-order valence-corrected chi connectivity index (χ0v) is 20.4. The minimum absolute atomic E-state index is 0.201. The lowest BCUT2D eigenvalue weighted by atomic mass is 9.92. The number of aliphatic imine (C=N–C) groups is 1. The standard InChI is InChI=1S/C26H31F3N4O3/c1-4-30-23-16-21(36-14-13-35-3)15-22(27)24(23)17(2)31-18-5-7-19(8-6-18)32-25(34)33-20-9-11-26(28,29)12-10-20/h4-8,15-16,20,31H,2,9-14H2,1,3H3,(H2,32,33,34). The largest absolute Gasteiger partial charge is 0.491 e. The van der Waals surface area contributed by atoms with E-state index in [4.69, 9.17) is 9.47 Å². The molecule has 2 aromatic carbocycles. The summed E-state index contributed by atoms with van der Waals surface area (Å²) in [5, 5.41) is 8.48. The first-order valence-electron chi connectivity index (χ1n) is 11.7. The van der Waals surface area contributed by atoms with Crippen LogP contribution in [0.4, 0.5) is 35.0 Å². The monoisotopic (exact) mass is 504 g/mol. The summed E-state index contributed by atoms with van der Waals surface area (Å²) in [4.78, 5) is 16.5. The van der Waals surface area contributed by atoms with Crippen LogP contribution in [0.5, 0.6) is 5.75 Å². The van der Waals surface area contributed by atoms with Crippen LogP contribution in [0.25, 0.3) is 5.70 Å². The minimum atomic E-state index is -2.64. The van der Waals surface area contributed by atoms with Crippen LogP contribution in [0.1, 0.15) is 38.2 Å². The van der Waals surface area contributed by atoms with Crippen molar-refractivity contribution < 1.29 is 27.4 Å². The fourth-order valence-corrected chi connectivity index (χ4v) is 3.84. The number of hydrogen-bond acceptors (Lipinski definition) is 5. The number of amides is 2. The summed E-state index contributed by atoms with van der Waals surface area (Å²) in [6.07, 6.45) is 1.59. The quantitative estimate of drug-likeness (QED) is 0.260. The highest BCUT2D eigenvalue weighted by atomic mass is 19.3. The van der Waals surface area contributed by atoms with Gasteiger partial charge in [-0.1, -0.05) is 6.58 Å². The van der Waals surface area contributed by atoms with Gasteiger partial charge in [0.05, 0.1) is 17.9 Å². The molecule has 0 atom stereocenters. The molecule has 2 aromatic rings. The number of halogens is 3. The van der Waals surface area contributed by atoms with Crippen LogP contribution in [0.3, 0.4) is 0 Å². The third-order valence-corrected chi connectivity index (χ3v) is 5.66. The lowest BCUT2D eigenvalue weighted by Gasteiger charge is -2.28. The maximum absolute atomic E-state index is 15.0. The van der Waals surface area contributed by atoms with Crippen molar-refractivity contribution in [2.45, 2.75) is 44.6 Å². The van der Waals surface area contributed by atoms with E-state index in [2.05, 4.69) is 27.5 Å². The molecule has 1 aliphatic carbocycles. The molecular weight excluding hydrogens is 473 g/mol. The van der Waals surface area contributed by atoms with Gasteiger partial charge in [0.25, 0.3) is 0 Å². The van der Waals surface area contributed by atoms with E-state index in [1.165, 1.54) is 6.07 Å². The predicted octanol–water partition coefficient (Wildman–Crippen LogP) is 6.36.